The minimum Gasteiger partial charge on any atom is -0.492 e. The molecule has 28 heteroatoms. The molecule has 5 heterocycles. The van der Waals surface area contributed by atoms with Crippen LogP contribution in [0, 0.1) is 5.92 Å². The molecule has 27 nitrogen and oxygen atoms in total. The number of hydrogen-bond donors (Lipinski definition) is 6. The van der Waals surface area contributed by atoms with Crippen molar-refractivity contribution in [1.29, 1.82) is 0 Å². The van der Waals surface area contributed by atoms with Gasteiger partial charge in [-0.3, -0.25) is 43.3 Å². The first-order chi connectivity index (χ1) is 36.8. The molecule has 1 saturated carbocycles. The number of ketones is 1. The standard InChI is InChI=1S/C49H66N6O21S/c1-26(56)25-77-36-18-39(61)55(47(36)67)8-9-71-30-4-5-33-31(17-30)32(48(68)74-15-13-70-23-37(59)50-19-29-16-34-41(45(65)43(29)63)53(27(2)57)6-10-72-34)21-52(33)22-40(62)73-14-12-69-24-38(60)51-20-35-44(64)46(66)42-49(76-35)75-11-7-54(42)28(3)58/h4-5,17,21,29,34-36,41-46,49,63-66H,6-16,18-20,22-25H2,1-3H3,(H,50,59)(H,51,60)/t29?,34?,35?,36?,41-,42+,43-,44-,45+,46+,49?/m0/s1. The van der Waals surface area contributed by atoms with Gasteiger partial charge in [0.05, 0.1) is 67.8 Å². The molecule has 5 fully saturated rings. The van der Waals surface area contributed by atoms with Crippen LogP contribution in [0.3, 0.4) is 0 Å². The van der Waals surface area contributed by atoms with Crippen LogP contribution in [0.25, 0.3) is 10.9 Å². The van der Waals surface area contributed by atoms with Gasteiger partial charge in [0.15, 0.2) is 6.29 Å². The van der Waals surface area contributed by atoms with Crippen LogP contribution in [0.1, 0.15) is 44.0 Å². The molecule has 4 saturated heterocycles. The number of rotatable bonds is 24. The van der Waals surface area contributed by atoms with Crippen molar-refractivity contribution in [3.63, 3.8) is 0 Å². The zero-order chi connectivity index (χ0) is 55.5. The van der Waals surface area contributed by atoms with E-state index < -0.39 is 121 Å². The zero-order valence-corrected chi connectivity index (χ0v) is 43.6. The number of morpholine rings is 2. The third kappa shape index (κ3) is 14.9. The van der Waals surface area contributed by atoms with Crippen LogP contribution < -0.4 is 15.4 Å². The average molecular weight is 1110 g/mol. The number of carbonyl (C=O) groups is 9. The van der Waals surface area contributed by atoms with Gasteiger partial charge in [0.2, 0.25) is 35.4 Å². The highest BCUT2D eigenvalue weighted by molar-refractivity contribution is 8.01. The Morgan fingerprint density at radius 3 is 2.10 bits per heavy atom. The third-order valence-corrected chi connectivity index (χ3v) is 15.0. The fourth-order valence-corrected chi connectivity index (χ4v) is 10.9. The average Bonchev–Trinajstić information content (AvgIpc) is 3.96. The van der Waals surface area contributed by atoms with E-state index in [9.17, 15) is 63.6 Å². The Kier molecular flexibility index (Phi) is 20.8. The number of fused-ring (bicyclic) bond motifs is 3. The smallest absolute Gasteiger partial charge is 0.340 e. The lowest BCUT2D eigenvalue weighted by molar-refractivity contribution is -0.296. The summed E-state index contributed by atoms with van der Waals surface area (Å²) in [6.07, 6.45) is -6.29. The molecule has 4 aliphatic heterocycles. The molecule has 11 atom stereocenters. The molecule has 6 amide bonds. The lowest BCUT2D eigenvalue weighted by Gasteiger charge is -2.49. The lowest BCUT2D eigenvalue weighted by atomic mass is 9.78. The number of benzene rings is 1. The quantitative estimate of drug-likeness (QED) is 0.0337. The molecule has 77 heavy (non-hydrogen) atoms. The fraction of sp³-hybridized carbons (Fsp3) is 0.653. The number of hydrogen-bond acceptors (Lipinski definition) is 22. The Balaban J connectivity index is 0.881. The molecule has 0 spiro atoms. The highest BCUT2D eigenvalue weighted by Crippen LogP contribution is 2.34. The van der Waals surface area contributed by atoms with E-state index in [1.165, 1.54) is 47.4 Å². The predicted octanol–water partition coefficient (Wildman–Crippen LogP) is -3.51. The van der Waals surface area contributed by atoms with Crippen LogP contribution in [0.5, 0.6) is 5.75 Å². The van der Waals surface area contributed by atoms with Gasteiger partial charge < -0.3 is 83.3 Å². The van der Waals surface area contributed by atoms with Gasteiger partial charge in [0, 0.05) is 69.5 Å². The Morgan fingerprint density at radius 2 is 1.42 bits per heavy atom. The number of aromatic nitrogens is 1. The number of amides is 6. The maximum absolute atomic E-state index is 13.6. The van der Waals surface area contributed by atoms with Gasteiger partial charge in [-0.1, -0.05) is 0 Å². The largest absolute Gasteiger partial charge is 0.492 e. The zero-order valence-electron chi connectivity index (χ0n) is 42.8. The van der Waals surface area contributed by atoms with E-state index in [1.54, 1.807) is 12.1 Å². The van der Waals surface area contributed by atoms with Gasteiger partial charge in [-0.05, 0) is 31.5 Å². The van der Waals surface area contributed by atoms with Gasteiger partial charge >= 0.3 is 11.9 Å². The van der Waals surface area contributed by atoms with E-state index in [0.717, 1.165) is 16.7 Å². The van der Waals surface area contributed by atoms with E-state index >= 15 is 0 Å². The highest BCUT2D eigenvalue weighted by Gasteiger charge is 2.51. The number of nitrogens with one attached hydrogen (secondary N) is 2. The van der Waals surface area contributed by atoms with Crippen molar-refractivity contribution in [2.75, 3.05) is 97.9 Å². The van der Waals surface area contributed by atoms with Crippen LogP contribution in [0.4, 0.5) is 0 Å². The van der Waals surface area contributed by atoms with Crippen molar-refractivity contribution in [2.24, 2.45) is 5.92 Å². The predicted molar refractivity (Wildman–Crippen MR) is 263 cm³/mol. The molecule has 0 bridgehead atoms. The summed E-state index contributed by atoms with van der Waals surface area (Å²) in [5, 5.41) is 47.9. The molecule has 2 aromatic rings. The van der Waals surface area contributed by atoms with E-state index in [4.69, 9.17) is 37.9 Å². The van der Waals surface area contributed by atoms with E-state index in [-0.39, 0.29) is 114 Å². The molecule has 6 N–H and O–H groups in total. The van der Waals surface area contributed by atoms with Gasteiger partial charge in [0.1, 0.15) is 81.6 Å². The van der Waals surface area contributed by atoms with E-state index in [2.05, 4.69) is 10.6 Å². The third-order valence-electron chi connectivity index (χ3n) is 13.7. The summed E-state index contributed by atoms with van der Waals surface area (Å²) < 4.78 is 46.1. The molecule has 424 valence electrons. The normalized spacial score (nSPS) is 27.2. The lowest BCUT2D eigenvalue weighted by Crippen LogP contribution is -2.68. The Hall–Kier alpha value is -5.82. The number of aliphatic hydroxyl groups is 4. The van der Waals surface area contributed by atoms with Crippen LogP contribution in [-0.4, -0.2) is 251 Å². The van der Waals surface area contributed by atoms with Crippen LogP contribution in [0.15, 0.2) is 24.4 Å². The van der Waals surface area contributed by atoms with E-state index in [1.807, 2.05) is 0 Å². The first-order valence-corrected chi connectivity index (χ1v) is 26.3. The van der Waals surface area contributed by atoms with Crippen LogP contribution in [-0.2, 0) is 78.1 Å². The molecule has 5 unspecified atom stereocenters. The second-order valence-corrected chi connectivity index (χ2v) is 20.2. The van der Waals surface area contributed by atoms with Crippen LogP contribution in [0.2, 0.25) is 0 Å². The number of esters is 2. The number of thioether (sulfide) groups is 1. The molecule has 5 aliphatic rings. The minimum absolute atomic E-state index is 0.00490. The number of ether oxygens (including phenoxy) is 8. The molecular weight excluding hydrogens is 1040 g/mol. The maximum atomic E-state index is 13.6. The number of imide groups is 1. The number of likely N-dealkylation sites (tertiary alicyclic amines) is 1. The number of aliphatic hydroxyl groups excluding tert-OH is 4. The summed E-state index contributed by atoms with van der Waals surface area (Å²) in [5.74, 6) is -4.43. The van der Waals surface area contributed by atoms with Gasteiger partial charge in [-0.25, -0.2) is 4.79 Å². The van der Waals surface area contributed by atoms with E-state index in [0.29, 0.717) is 23.9 Å². The summed E-state index contributed by atoms with van der Waals surface area (Å²) in [6.45, 7) is 2.45. The molecular formula is C49H66N6O21S. The molecule has 7 rings (SSSR count). The molecule has 0 radical (unpaired) electrons. The number of carbonyl (C=O) groups excluding carboxylic acids is 9. The maximum Gasteiger partial charge on any atom is 0.340 e. The van der Waals surface area contributed by atoms with Crippen molar-refractivity contribution < 1.29 is 101 Å². The first kappa shape index (κ1) is 58.9. The van der Waals surface area contributed by atoms with Crippen molar-refractivity contribution in [3.8, 4) is 5.75 Å². The fourth-order valence-electron chi connectivity index (χ4n) is 9.90. The van der Waals surface area contributed by atoms with Crippen LogP contribution >= 0.6 is 11.8 Å². The van der Waals surface area contributed by atoms with Crippen molar-refractivity contribution in [1.82, 2.24) is 29.9 Å². The van der Waals surface area contributed by atoms with Crippen molar-refractivity contribution >= 4 is 75.8 Å². The van der Waals surface area contributed by atoms with Gasteiger partial charge in [0.25, 0.3) is 0 Å². The Labute approximate surface area is 446 Å². The monoisotopic (exact) mass is 1110 g/mol. The molecule has 1 aliphatic carbocycles. The first-order valence-electron chi connectivity index (χ1n) is 25.2. The van der Waals surface area contributed by atoms with Gasteiger partial charge in [-0.2, -0.15) is 0 Å². The second-order valence-electron chi connectivity index (χ2n) is 19.0. The summed E-state index contributed by atoms with van der Waals surface area (Å²) >= 11 is 1.10. The number of Topliss-reactive ketones (excluding diaryl/α,β-unsaturated/α-hetero) is 1. The summed E-state index contributed by atoms with van der Waals surface area (Å²) in [4.78, 5) is 117. The Bertz CT molecular complexity index is 2490. The minimum atomic E-state index is -1.44. The summed E-state index contributed by atoms with van der Waals surface area (Å²) in [7, 11) is 0. The highest BCUT2D eigenvalue weighted by atomic mass is 32.2. The number of nitrogens with zero attached hydrogens (tertiary/aromatic N) is 4. The molecule has 1 aromatic heterocycles. The summed E-state index contributed by atoms with van der Waals surface area (Å²) in [6, 6.07) is 3.03. The van der Waals surface area contributed by atoms with Gasteiger partial charge in [-0.15, -0.1) is 11.8 Å². The topological polar surface area (TPSA) is 347 Å². The van der Waals surface area contributed by atoms with Crippen molar-refractivity contribution in [3.05, 3.63) is 30.0 Å². The Morgan fingerprint density at radius 1 is 0.766 bits per heavy atom. The second kappa shape index (κ2) is 27.2. The molecule has 1 aromatic carbocycles. The van der Waals surface area contributed by atoms with Crippen molar-refractivity contribution in [2.45, 2.75) is 100 Å². The SMILES string of the molecule is CC(=O)CSC1CC(=O)N(CCOc2ccc3c(c2)c(C(=O)OCCOCC(=O)NCC2CC4OCCN(C(C)=O)[C@@H]4[C@@H](O)[C@H]2O)cn3CC(=O)OCCOCC(=O)NCC2OC3OCCN(C(C)=O)[C@@H]3[C@@H](O)[C@H]2O)C1=O. The summed E-state index contributed by atoms with van der Waals surface area (Å²) in [5.41, 5.74) is 0.394.